The van der Waals surface area contributed by atoms with Crippen molar-refractivity contribution in [3.63, 3.8) is 0 Å². The van der Waals surface area contributed by atoms with Crippen LogP contribution in [0, 0.1) is 6.92 Å². The molecular formula is C23H16N4O2S. The van der Waals surface area contributed by atoms with E-state index < -0.39 is 11.5 Å². The van der Waals surface area contributed by atoms with Gasteiger partial charge >= 0.3 is 0 Å². The van der Waals surface area contributed by atoms with Gasteiger partial charge in [0.25, 0.3) is 11.5 Å². The van der Waals surface area contributed by atoms with E-state index in [0.29, 0.717) is 16.3 Å². The van der Waals surface area contributed by atoms with Gasteiger partial charge in [0, 0.05) is 22.7 Å². The summed E-state index contributed by atoms with van der Waals surface area (Å²) in [6.45, 7) is 1.86. The smallest absolute Gasteiger partial charge is 0.271 e. The van der Waals surface area contributed by atoms with Crippen molar-refractivity contribution in [1.82, 2.24) is 14.4 Å². The van der Waals surface area contributed by atoms with Crippen LogP contribution in [0.2, 0.25) is 0 Å². The van der Waals surface area contributed by atoms with Gasteiger partial charge in [0.15, 0.2) is 4.96 Å². The molecule has 3 aromatic heterocycles. The largest absolute Gasteiger partial charge is 0.321 e. The van der Waals surface area contributed by atoms with E-state index in [1.807, 2.05) is 66.9 Å². The minimum Gasteiger partial charge on any atom is -0.321 e. The number of pyridine rings is 1. The average Bonchev–Trinajstić information content (AvgIpc) is 3.19. The highest BCUT2D eigenvalue weighted by Crippen LogP contribution is 2.25. The van der Waals surface area contributed by atoms with Gasteiger partial charge in [-0.25, -0.2) is 4.98 Å². The number of carbonyl (C=O) groups is 1. The second kappa shape index (κ2) is 7.20. The number of para-hydroxylation sites is 1. The number of benzene rings is 2. The summed E-state index contributed by atoms with van der Waals surface area (Å²) in [7, 11) is 0. The van der Waals surface area contributed by atoms with Crippen molar-refractivity contribution < 1.29 is 4.79 Å². The van der Waals surface area contributed by atoms with Gasteiger partial charge < -0.3 is 5.32 Å². The summed E-state index contributed by atoms with van der Waals surface area (Å²) in [4.78, 5) is 35.6. The number of thiazole rings is 1. The average molecular weight is 412 g/mol. The van der Waals surface area contributed by atoms with Crippen LogP contribution in [0.25, 0.3) is 27.1 Å². The molecule has 0 aliphatic rings. The lowest BCUT2D eigenvalue weighted by Gasteiger charge is -2.10. The van der Waals surface area contributed by atoms with Crippen LogP contribution in [0.4, 0.5) is 5.69 Å². The summed E-state index contributed by atoms with van der Waals surface area (Å²) in [5, 5.41) is 5.56. The summed E-state index contributed by atoms with van der Waals surface area (Å²) in [5.41, 5.74) is 3.37. The predicted molar refractivity (Wildman–Crippen MR) is 119 cm³/mol. The number of fused-ring (bicyclic) bond motifs is 2. The zero-order valence-corrected chi connectivity index (χ0v) is 16.8. The third-order valence-corrected chi connectivity index (χ3v) is 5.69. The Labute approximate surface area is 175 Å². The van der Waals surface area contributed by atoms with Crippen LogP contribution in [-0.2, 0) is 0 Å². The lowest BCUT2D eigenvalue weighted by Crippen LogP contribution is -2.26. The number of anilines is 1. The standard InChI is InChI=1S/C23H16N4O2S/c1-14-11-19(16-9-5-6-10-18(16)25-14)26-21(28)17-12-24-23-27(22(17)29)20(13-30-23)15-7-3-2-4-8-15/h2-13H,1H3,(H,25,26,28). The highest BCUT2D eigenvalue weighted by molar-refractivity contribution is 7.15. The Morgan fingerprint density at radius 3 is 2.67 bits per heavy atom. The van der Waals surface area contributed by atoms with E-state index in [0.717, 1.165) is 22.2 Å². The van der Waals surface area contributed by atoms with Crippen LogP contribution in [-0.4, -0.2) is 20.3 Å². The van der Waals surface area contributed by atoms with Gasteiger partial charge in [-0.2, -0.15) is 0 Å². The van der Waals surface area contributed by atoms with E-state index >= 15 is 0 Å². The van der Waals surface area contributed by atoms with Crippen LogP contribution < -0.4 is 10.9 Å². The molecule has 146 valence electrons. The molecule has 3 heterocycles. The second-order valence-corrected chi connectivity index (χ2v) is 7.70. The molecule has 0 radical (unpaired) electrons. The van der Waals surface area contributed by atoms with Crippen LogP contribution in [0.5, 0.6) is 0 Å². The lowest BCUT2D eigenvalue weighted by molar-refractivity contribution is 0.102. The molecule has 0 aliphatic carbocycles. The molecule has 0 fully saturated rings. The van der Waals surface area contributed by atoms with Crippen molar-refractivity contribution in [2.24, 2.45) is 0 Å². The third-order valence-electron chi connectivity index (χ3n) is 4.85. The highest BCUT2D eigenvalue weighted by atomic mass is 32.1. The zero-order valence-electron chi connectivity index (χ0n) is 16.0. The maximum absolute atomic E-state index is 13.2. The Hall–Kier alpha value is -3.84. The topological polar surface area (TPSA) is 76.4 Å². The summed E-state index contributed by atoms with van der Waals surface area (Å²) in [6.07, 6.45) is 1.34. The SMILES string of the molecule is Cc1cc(NC(=O)c2cnc3scc(-c4ccccc4)n3c2=O)c2ccccc2n1. The summed E-state index contributed by atoms with van der Waals surface area (Å²) < 4.78 is 1.49. The van der Waals surface area contributed by atoms with Crippen LogP contribution >= 0.6 is 11.3 Å². The van der Waals surface area contributed by atoms with E-state index in [-0.39, 0.29) is 5.56 Å². The van der Waals surface area contributed by atoms with Crippen LogP contribution in [0.15, 0.2) is 77.0 Å². The number of carbonyl (C=O) groups excluding carboxylic acids is 1. The molecular weight excluding hydrogens is 396 g/mol. The quantitative estimate of drug-likeness (QED) is 0.472. The first-order valence-corrected chi connectivity index (χ1v) is 10.2. The Morgan fingerprint density at radius 2 is 1.83 bits per heavy atom. The van der Waals surface area contributed by atoms with Crippen molar-refractivity contribution in [3.05, 3.63) is 93.9 Å². The van der Waals surface area contributed by atoms with Gasteiger partial charge in [0.05, 0.1) is 16.9 Å². The molecule has 0 unspecified atom stereocenters. The first kappa shape index (κ1) is 18.2. The fourth-order valence-electron chi connectivity index (χ4n) is 3.46. The van der Waals surface area contributed by atoms with Gasteiger partial charge in [-0.15, -0.1) is 11.3 Å². The molecule has 0 spiro atoms. The first-order chi connectivity index (χ1) is 14.6. The molecule has 2 aromatic carbocycles. The number of aryl methyl sites for hydroxylation is 1. The Kier molecular flexibility index (Phi) is 4.37. The number of nitrogens with one attached hydrogen (secondary N) is 1. The second-order valence-electron chi connectivity index (χ2n) is 6.86. The molecule has 0 bridgehead atoms. The number of amides is 1. The predicted octanol–water partition coefficient (Wildman–Crippen LogP) is 4.53. The molecule has 30 heavy (non-hydrogen) atoms. The van der Waals surface area contributed by atoms with E-state index in [2.05, 4.69) is 15.3 Å². The van der Waals surface area contributed by atoms with Crippen molar-refractivity contribution in [2.75, 3.05) is 5.32 Å². The molecule has 0 atom stereocenters. The maximum atomic E-state index is 13.2. The monoisotopic (exact) mass is 412 g/mol. The maximum Gasteiger partial charge on any atom is 0.271 e. The lowest BCUT2D eigenvalue weighted by atomic mass is 10.1. The van der Waals surface area contributed by atoms with E-state index in [4.69, 9.17) is 0 Å². The summed E-state index contributed by atoms with van der Waals surface area (Å²) in [5.74, 6) is -0.497. The Bertz CT molecular complexity index is 1470. The molecule has 6 nitrogen and oxygen atoms in total. The van der Waals surface area contributed by atoms with Crippen LogP contribution in [0.1, 0.15) is 16.1 Å². The molecule has 5 rings (SSSR count). The normalized spacial score (nSPS) is 11.1. The summed E-state index contributed by atoms with van der Waals surface area (Å²) >= 11 is 1.36. The molecule has 7 heteroatoms. The van der Waals surface area contributed by atoms with Crippen molar-refractivity contribution in [1.29, 1.82) is 0 Å². The molecule has 5 aromatic rings. The van der Waals surface area contributed by atoms with E-state index in [1.54, 1.807) is 6.07 Å². The number of hydrogen-bond acceptors (Lipinski definition) is 5. The van der Waals surface area contributed by atoms with Crippen molar-refractivity contribution in [3.8, 4) is 11.3 Å². The summed E-state index contributed by atoms with van der Waals surface area (Å²) in [6, 6.07) is 18.9. The Morgan fingerprint density at radius 1 is 1.07 bits per heavy atom. The van der Waals surface area contributed by atoms with Gasteiger partial charge in [-0.1, -0.05) is 48.5 Å². The van der Waals surface area contributed by atoms with Gasteiger partial charge in [-0.05, 0) is 24.6 Å². The van der Waals surface area contributed by atoms with Crippen molar-refractivity contribution in [2.45, 2.75) is 6.92 Å². The molecule has 0 saturated carbocycles. The number of aromatic nitrogens is 3. The minimum atomic E-state index is -0.497. The molecule has 1 amide bonds. The van der Waals surface area contributed by atoms with E-state index in [1.165, 1.54) is 21.9 Å². The molecule has 0 aliphatic heterocycles. The number of hydrogen-bond donors (Lipinski definition) is 1. The first-order valence-electron chi connectivity index (χ1n) is 9.34. The zero-order chi connectivity index (χ0) is 20.7. The minimum absolute atomic E-state index is 0.0124. The fourth-order valence-corrected chi connectivity index (χ4v) is 4.32. The van der Waals surface area contributed by atoms with E-state index in [9.17, 15) is 9.59 Å². The third kappa shape index (κ3) is 3.05. The number of rotatable bonds is 3. The molecule has 0 saturated heterocycles. The van der Waals surface area contributed by atoms with Crippen molar-refractivity contribution >= 4 is 38.8 Å². The van der Waals surface area contributed by atoms with Gasteiger partial charge in [-0.3, -0.25) is 19.0 Å². The Balaban J connectivity index is 1.60. The number of nitrogens with zero attached hydrogens (tertiary/aromatic N) is 3. The molecule has 1 N–H and O–H groups in total. The fraction of sp³-hybridized carbons (Fsp3) is 0.0435. The van der Waals surface area contributed by atoms with Gasteiger partial charge in [0.2, 0.25) is 0 Å². The highest BCUT2D eigenvalue weighted by Gasteiger charge is 2.18. The van der Waals surface area contributed by atoms with Gasteiger partial charge in [0.1, 0.15) is 5.56 Å². The van der Waals surface area contributed by atoms with Crippen LogP contribution in [0.3, 0.4) is 0 Å².